The number of hydrogen-bond donors (Lipinski definition) is 4. The number of carbonyl (C=O) groups excluding carboxylic acids is 1. The van der Waals surface area contributed by atoms with Crippen molar-refractivity contribution in [2.45, 2.75) is 18.2 Å². The molecule has 6 N–H and O–H groups in total. The number of sulfonamides is 1. The number of amides is 1. The number of nitrogens with two attached hydrogens (primary N) is 2. The van der Waals surface area contributed by atoms with Crippen LogP contribution in [0.25, 0.3) is 0 Å². The first-order valence-corrected chi connectivity index (χ1v) is 11.7. The van der Waals surface area contributed by atoms with Gasteiger partial charge in [0.25, 0.3) is 0 Å². The number of nitrogens with zero attached hydrogens (tertiary/aromatic N) is 2. The largest absolute Gasteiger partial charge is 0.493 e. The lowest BCUT2D eigenvalue weighted by molar-refractivity contribution is -0.114. The van der Waals surface area contributed by atoms with Crippen LogP contribution in [-0.4, -0.2) is 44.6 Å². The van der Waals surface area contributed by atoms with Crippen molar-refractivity contribution in [3.63, 3.8) is 0 Å². The Balaban J connectivity index is 1.61. The number of anilines is 3. The molecule has 0 fully saturated rings. The Morgan fingerprint density at radius 3 is 2.47 bits per heavy atom. The highest BCUT2D eigenvalue weighted by atomic mass is 32.2. The average molecular weight is 487 g/mol. The van der Waals surface area contributed by atoms with Gasteiger partial charge >= 0.3 is 0 Å². The predicted molar refractivity (Wildman–Crippen MR) is 128 cm³/mol. The summed E-state index contributed by atoms with van der Waals surface area (Å²) < 4.78 is 38.6. The molecule has 0 aliphatic carbocycles. The molecule has 11 nitrogen and oxygen atoms in total. The van der Waals surface area contributed by atoms with E-state index in [1.165, 1.54) is 38.3 Å². The molecule has 34 heavy (non-hydrogen) atoms. The summed E-state index contributed by atoms with van der Waals surface area (Å²) in [6, 6.07) is 11.2. The molecule has 0 spiro atoms. The van der Waals surface area contributed by atoms with Crippen LogP contribution in [0.5, 0.6) is 11.5 Å². The van der Waals surface area contributed by atoms with Crippen LogP contribution >= 0.6 is 0 Å². The van der Waals surface area contributed by atoms with Crippen molar-refractivity contribution in [2.24, 2.45) is 0 Å². The van der Waals surface area contributed by atoms with Crippen LogP contribution in [0.15, 0.2) is 53.6 Å². The van der Waals surface area contributed by atoms with Gasteiger partial charge in [-0.25, -0.2) is 18.1 Å². The molecule has 0 atom stereocenters. The number of aromatic nitrogens is 2. The first kappa shape index (κ1) is 24.7. The summed E-state index contributed by atoms with van der Waals surface area (Å²) in [6.07, 6.45) is 2.02. The smallest absolute Gasteiger partial charge is 0.240 e. The highest BCUT2D eigenvalue weighted by Gasteiger charge is 2.14. The summed E-state index contributed by atoms with van der Waals surface area (Å²) in [5, 5.41) is 2.58. The molecule has 1 aromatic heterocycles. The van der Waals surface area contributed by atoms with E-state index in [1.807, 2.05) is 6.07 Å². The Morgan fingerprint density at radius 1 is 1.09 bits per heavy atom. The summed E-state index contributed by atoms with van der Waals surface area (Å²) in [6.45, 7) is 1.47. The number of methoxy groups -OCH3 is 1. The van der Waals surface area contributed by atoms with Crippen molar-refractivity contribution >= 4 is 33.4 Å². The zero-order chi connectivity index (χ0) is 24.7. The fraction of sp³-hybridized carbons (Fsp3) is 0.227. The Hall–Kier alpha value is -3.90. The first-order chi connectivity index (χ1) is 16.2. The quantitative estimate of drug-likeness (QED) is 0.310. The molecular formula is C22H26N6O5S. The van der Waals surface area contributed by atoms with Gasteiger partial charge in [0.15, 0.2) is 11.5 Å². The summed E-state index contributed by atoms with van der Waals surface area (Å²) in [5.41, 5.74) is 13.5. The molecule has 1 amide bonds. The Kier molecular flexibility index (Phi) is 7.87. The van der Waals surface area contributed by atoms with Crippen molar-refractivity contribution in [3.8, 4) is 11.5 Å². The molecule has 2 aromatic carbocycles. The lowest BCUT2D eigenvalue weighted by Gasteiger charge is -2.13. The van der Waals surface area contributed by atoms with Crippen LogP contribution < -0.4 is 31.0 Å². The van der Waals surface area contributed by atoms with Crippen LogP contribution in [0.1, 0.15) is 18.1 Å². The second kappa shape index (κ2) is 10.8. The van der Waals surface area contributed by atoms with Gasteiger partial charge in [-0.05, 0) is 42.0 Å². The number of hydrogen-bond acceptors (Lipinski definition) is 9. The molecule has 3 aromatic rings. The van der Waals surface area contributed by atoms with Gasteiger partial charge in [0.05, 0.1) is 12.0 Å². The van der Waals surface area contributed by atoms with Crippen molar-refractivity contribution < 1.29 is 22.7 Å². The minimum absolute atomic E-state index is 0.0297. The van der Waals surface area contributed by atoms with E-state index < -0.39 is 10.0 Å². The molecule has 0 saturated carbocycles. The van der Waals surface area contributed by atoms with Gasteiger partial charge in [0, 0.05) is 37.3 Å². The van der Waals surface area contributed by atoms with Gasteiger partial charge in [-0.3, -0.25) is 4.79 Å². The number of ether oxygens (including phenoxy) is 2. The summed E-state index contributed by atoms with van der Waals surface area (Å²) in [4.78, 5) is 19.1. The van der Waals surface area contributed by atoms with Gasteiger partial charge in [0.2, 0.25) is 21.9 Å². The van der Waals surface area contributed by atoms with Crippen molar-refractivity contribution in [1.29, 1.82) is 0 Å². The van der Waals surface area contributed by atoms with E-state index in [0.29, 0.717) is 35.0 Å². The van der Waals surface area contributed by atoms with Gasteiger partial charge in [-0.2, -0.15) is 4.98 Å². The molecular weight excluding hydrogens is 460 g/mol. The van der Waals surface area contributed by atoms with Crippen LogP contribution in [0.2, 0.25) is 0 Å². The topological polar surface area (TPSA) is 172 Å². The maximum Gasteiger partial charge on any atom is 0.240 e. The molecule has 0 aliphatic rings. The van der Waals surface area contributed by atoms with Crippen molar-refractivity contribution in [2.75, 3.05) is 37.0 Å². The maximum atomic E-state index is 12.5. The molecule has 0 saturated heterocycles. The highest BCUT2D eigenvalue weighted by Crippen LogP contribution is 2.29. The second-order valence-electron chi connectivity index (χ2n) is 7.25. The van der Waals surface area contributed by atoms with E-state index in [0.717, 1.165) is 5.56 Å². The maximum absolute atomic E-state index is 12.5. The zero-order valence-corrected chi connectivity index (χ0v) is 19.6. The standard InChI is InChI=1S/C22H26N6O5S/c1-14(29)27-17-4-6-18(7-5-17)34(30,31)26-9-10-33-20-12-15(3-8-19(20)32-2)11-16-13-25-22(24)28-21(16)23/h3-8,12-13,26H,9-11H2,1-2H3,(H,27,29)(H4,23,24,25,28). The number of nitrogens with one attached hydrogen (secondary N) is 2. The van der Waals surface area contributed by atoms with Crippen LogP contribution in [-0.2, 0) is 21.2 Å². The average Bonchev–Trinajstić information content (AvgIpc) is 2.79. The Labute approximate surface area is 197 Å². The fourth-order valence-corrected chi connectivity index (χ4v) is 4.09. The minimum Gasteiger partial charge on any atom is -0.493 e. The van der Waals surface area contributed by atoms with Crippen LogP contribution in [0, 0.1) is 0 Å². The third kappa shape index (κ3) is 6.56. The summed E-state index contributed by atoms with van der Waals surface area (Å²) in [7, 11) is -2.23. The van der Waals surface area contributed by atoms with Gasteiger partial charge in [-0.1, -0.05) is 6.07 Å². The number of benzene rings is 2. The monoisotopic (exact) mass is 486 g/mol. The van der Waals surface area contributed by atoms with Crippen LogP contribution in [0.3, 0.4) is 0 Å². The molecule has 0 bridgehead atoms. The SMILES string of the molecule is COc1ccc(Cc2cnc(N)nc2N)cc1OCCNS(=O)(=O)c1ccc(NC(C)=O)cc1. The van der Waals surface area contributed by atoms with Gasteiger partial charge in [-0.15, -0.1) is 0 Å². The normalized spacial score (nSPS) is 11.1. The van der Waals surface area contributed by atoms with E-state index in [4.69, 9.17) is 20.9 Å². The summed E-state index contributed by atoms with van der Waals surface area (Å²) in [5.74, 6) is 1.11. The van der Waals surface area contributed by atoms with Crippen molar-refractivity contribution in [3.05, 3.63) is 59.8 Å². The van der Waals surface area contributed by atoms with E-state index in [9.17, 15) is 13.2 Å². The highest BCUT2D eigenvalue weighted by molar-refractivity contribution is 7.89. The summed E-state index contributed by atoms with van der Waals surface area (Å²) >= 11 is 0. The first-order valence-electron chi connectivity index (χ1n) is 10.2. The predicted octanol–water partition coefficient (Wildman–Crippen LogP) is 1.56. The Morgan fingerprint density at radius 2 is 1.82 bits per heavy atom. The molecule has 0 aliphatic heterocycles. The molecule has 12 heteroatoms. The minimum atomic E-state index is -3.74. The van der Waals surface area contributed by atoms with Crippen molar-refractivity contribution in [1.82, 2.24) is 14.7 Å². The third-order valence-electron chi connectivity index (χ3n) is 4.68. The molecule has 0 radical (unpaired) electrons. The number of nitrogen functional groups attached to an aromatic ring is 2. The molecule has 3 rings (SSSR count). The lowest BCUT2D eigenvalue weighted by atomic mass is 10.1. The van der Waals surface area contributed by atoms with Crippen LogP contribution in [0.4, 0.5) is 17.5 Å². The van der Waals surface area contributed by atoms with Gasteiger partial charge in [0.1, 0.15) is 12.4 Å². The molecule has 0 unspecified atom stereocenters. The van der Waals surface area contributed by atoms with Gasteiger partial charge < -0.3 is 26.3 Å². The van der Waals surface area contributed by atoms with E-state index in [2.05, 4.69) is 20.0 Å². The molecule has 1 heterocycles. The number of carbonyl (C=O) groups is 1. The lowest BCUT2D eigenvalue weighted by Crippen LogP contribution is -2.28. The molecule has 180 valence electrons. The second-order valence-corrected chi connectivity index (χ2v) is 9.02. The Bertz CT molecular complexity index is 1270. The third-order valence-corrected chi connectivity index (χ3v) is 6.15. The zero-order valence-electron chi connectivity index (χ0n) is 18.7. The van der Waals surface area contributed by atoms with E-state index in [1.54, 1.807) is 18.3 Å². The number of rotatable bonds is 10. The van der Waals surface area contributed by atoms with E-state index in [-0.39, 0.29) is 29.9 Å². The van der Waals surface area contributed by atoms with E-state index >= 15 is 0 Å². The fourth-order valence-electron chi connectivity index (χ4n) is 3.08.